The maximum atomic E-state index is 12.1. The van der Waals surface area contributed by atoms with Crippen LogP contribution in [0.5, 0.6) is 0 Å². The summed E-state index contributed by atoms with van der Waals surface area (Å²) in [5.41, 5.74) is 3.02. The summed E-state index contributed by atoms with van der Waals surface area (Å²) in [6, 6.07) is 5.48. The second kappa shape index (κ2) is 8.54. The molecule has 0 aliphatic heterocycles. The Balaban J connectivity index is 2.57. The van der Waals surface area contributed by atoms with Crippen molar-refractivity contribution in [1.82, 2.24) is 10.2 Å². The Labute approximate surface area is 133 Å². The van der Waals surface area contributed by atoms with Crippen molar-refractivity contribution >= 4 is 17.5 Å². The van der Waals surface area contributed by atoms with Gasteiger partial charge >= 0.3 is 0 Å². The molecule has 0 aliphatic carbocycles. The fourth-order valence-corrected chi connectivity index (χ4v) is 2.04. The number of anilines is 1. The third kappa shape index (κ3) is 5.15. The minimum atomic E-state index is -0.337. The lowest BCUT2D eigenvalue weighted by molar-refractivity contribution is -0.126. The van der Waals surface area contributed by atoms with Gasteiger partial charge in [-0.2, -0.15) is 0 Å². The molecule has 1 rings (SSSR count). The first-order chi connectivity index (χ1) is 10.4. The van der Waals surface area contributed by atoms with Crippen molar-refractivity contribution in [2.75, 3.05) is 25.5 Å². The van der Waals surface area contributed by atoms with Crippen LogP contribution in [-0.4, -0.2) is 42.9 Å². The molecule has 1 aromatic rings. The molecule has 1 atom stereocenters. The quantitative estimate of drug-likeness (QED) is 0.811. The predicted molar refractivity (Wildman–Crippen MR) is 89.9 cm³/mol. The Morgan fingerprint density at radius 1 is 1.27 bits per heavy atom. The van der Waals surface area contributed by atoms with Crippen LogP contribution in [0.15, 0.2) is 18.2 Å². The van der Waals surface area contributed by atoms with Crippen LogP contribution in [0.25, 0.3) is 0 Å². The Bertz CT molecular complexity index is 529. The summed E-state index contributed by atoms with van der Waals surface area (Å²) < 4.78 is 0. The van der Waals surface area contributed by atoms with E-state index in [9.17, 15) is 9.59 Å². The third-order valence-electron chi connectivity index (χ3n) is 3.86. The SMILES string of the molecule is CCCNC(=O)C(C)N(C)CC(=O)Nc1cccc(C)c1C. The van der Waals surface area contributed by atoms with Crippen LogP contribution in [0.4, 0.5) is 5.69 Å². The lowest BCUT2D eigenvalue weighted by Crippen LogP contribution is -2.46. The van der Waals surface area contributed by atoms with Crippen LogP contribution >= 0.6 is 0 Å². The molecule has 0 saturated carbocycles. The van der Waals surface area contributed by atoms with Gasteiger partial charge in [0.1, 0.15) is 0 Å². The Morgan fingerprint density at radius 3 is 2.59 bits per heavy atom. The normalized spacial score (nSPS) is 12.1. The molecule has 2 amide bonds. The first-order valence-corrected chi connectivity index (χ1v) is 7.70. The molecule has 5 nitrogen and oxygen atoms in total. The second-order valence-corrected chi connectivity index (χ2v) is 5.68. The molecule has 122 valence electrons. The van der Waals surface area contributed by atoms with Gasteiger partial charge in [0.25, 0.3) is 0 Å². The molecular weight excluding hydrogens is 278 g/mol. The zero-order valence-corrected chi connectivity index (χ0v) is 14.2. The Hall–Kier alpha value is -1.88. The monoisotopic (exact) mass is 305 g/mol. The van der Waals surface area contributed by atoms with Gasteiger partial charge in [-0.3, -0.25) is 14.5 Å². The number of carbonyl (C=O) groups is 2. The Morgan fingerprint density at radius 2 is 1.95 bits per heavy atom. The van der Waals surface area contributed by atoms with Crippen molar-refractivity contribution in [2.45, 2.75) is 40.2 Å². The number of hydrogen-bond acceptors (Lipinski definition) is 3. The number of hydrogen-bond donors (Lipinski definition) is 2. The summed E-state index contributed by atoms with van der Waals surface area (Å²) in [7, 11) is 1.78. The van der Waals surface area contributed by atoms with Gasteiger partial charge in [-0.1, -0.05) is 19.1 Å². The summed E-state index contributed by atoms with van der Waals surface area (Å²) in [4.78, 5) is 25.8. The van der Waals surface area contributed by atoms with Gasteiger partial charge in [0.2, 0.25) is 11.8 Å². The first-order valence-electron chi connectivity index (χ1n) is 7.70. The minimum Gasteiger partial charge on any atom is -0.355 e. The average Bonchev–Trinajstić information content (AvgIpc) is 2.48. The average molecular weight is 305 g/mol. The zero-order valence-electron chi connectivity index (χ0n) is 14.2. The molecule has 0 heterocycles. The highest BCUT2D eigenvalue weighted by atomic mass is 16.2. The van der Waals surface area contributed by atoms with E-state index in [4.69, 9.17) is 0 Å². The smallest absolute Gasteiger partial charge is 0.238 e. The summed E-state index contributed by atoms with van der Waals surface area (Å²) in [5, 5.41) is 5.75. The topological polar surface area (TPSA) is 61.4 Å². The highest BCUT2D eigenvalue weighted by Gasteiger charge is 2.19. The Kier molecular flexibility index (Phi) is 7.05. The van der Waals surface area contributed by atoms with Gasteiger partial charge in [0.15, 0.2) is 0 Å². The van der Waals surface area contributed by atoms with E-state index in [1.807, 2.05) is 39.0 Å². The number of likely N-dealkylation sites (N-methyl/N-ethyl adjacent to an activating group) is 1. The molecule has 1 aromatic carbocycles. The van der Waals surface area contributed by atoms with E-state index < -0.39 is 0 Å². The van der Waals surface area contributed by atoms with Crippen molar-refractivity contribution in [3.8, 4) is 0 Å². The van der Waals surface area contributed by atoms with Crippen LogP contribution in [0.3, 0.4) is 0 Å². The van der Waals surface area contributed by atoms with Crippen LogP contribution < -0.4 is 10.6 Å². The number of nitrogens with zero attached hydrogens (tertiary/aromatic N) is 1. The first kappa shape index (κ1) is 18.2. The van der Waals surface area contributed by atoms with E-state index in [-0.39, 0.29) is 24.4 Å². The molecule has 0 fully saturated rings. The summed E-state index contributed by atoms with van der Waals surface area (Å²) >= 11 is 0. The lowest BCUT2D eigenvalue weighted by atomic mass is 10.1. The van der Waals surface area contributed by atoms with E-state index >= 15 is 0 Å². The fourth-order valence-electron chi connectivity index (χ4n) is 2.04. The van der Waals surface area contributed by atoms with Crippen molar-refractivity contribution in [3.05, 3.63) is 29.3 Å². The number of aryl methyl sites for hydroxylation is 1. The fraction of sp³-hybridized carbons (Fsp3) is 0.529. The van der Waals surface area contributed by atoms with Crippen molar-refractivity contribution in [1.29, 1.82) is 0 Å². The van der Waals surface area contributed by atoms with Gasteiger partial charge in [-0.25, -0.2) is 0 Å². The van der Waals surface area contributed by atoms with Gasteiger partial charge in [-0.05, 0) is 51.4 Å². The molecule has 22 heavy (non-hydrogen) atoms. The summed E-state index contributed by atoms with van der Waals surface area (Å²) in [5.74, 6) is -0.171. The predicted octanol–water partition coefficient (Wildman–Crippen LogP) is 2.09. The number of benzene rings is 1. The van der Waals surface area contributed by atoms with Crippen molar-refractivity contribution in [2.24, 2.45) is 0 Å². The van der Waals surface area contributed by atoms with Crippen LogP contribution in [0.1, 0.15) is 31.4 Å². The van der Waals surface area contributed by atoms with Crippen molar-refractivity contribution in [3.63, 3.8) is 0 Å². The maximum absolute atomic E-state index is 12.1. The number of nitrogens with one attached hydrogen (secondary N) is 2. The molecule has 0 aromatic heterocycles. The highest BCUT2D eigenvalue weighted by molar-refractivity contribution is 5.93. The zero-order chi connectivity index (χ0) is 16.7. The van der Waals surface area contributed by atoms with Gasteiger partial charge in [-0.15, -0.1) is 0 Å². The largest absolute Gasteiger partial charge is 0.355 e. The molecule has 0 saturated heterocycles. The van der Waals surface area contributed by atoms with Gasteiger partial charge in [0.05, 0.1) is 12.6 Å². The maximum Gasteiger partial charge on any atom is 0.238 e. The van der Waals surface area contributed by atoms with E-state index in [1.165, 1.54) is 0 Å². The number of rotatable bonds is 7. The standard InChI is InChI=1S/C17H27N3O2/c1-6-10-18-17(22)14(4)20(5)11-16(21)19-15-9-7-8-12(2)13(15)3/h7-9,14H,6,10-11H2,1-5H3,(H,18,22)(H,19,21). The molecule has 5 heteroatoms. The molecule has 0 spiro atoms. The van der Waals surface area contributed by atoms with Crippen LogP contribution in [0, 0.1) is 13.8 Å². The summed E-state index contributed by atoms with van der Waals surface area (Å²) in [6.07, 6.45) is 0.898. The van der Waals surface area contributed by atoms with E-state index in [0.29, 0.717) is 6.54 Å². The lowest BCUT2D eigenvalue weighted by Gasteiger charge is -2.23. The van der Waals surface area contributed by atoms with Crippen LogP contribution in [-0.2, 0) is 9.59 Å². The summed E-state index contributed by atoms with van der Waals surface area (Å²) in [6.45, 7) is 8.63. The highest BCUT2D eigenvalue weighted by Crippen LogP contribution is 2.17. The second-order valence-electron chi connectivity index (χ2n) is 5.68. The molecule has 0 aliphatic rings. The van der Waals surface area contributed by atoms with E-state index in [0.717, 1.165) is 23.2 Å². The van der Waals surface area contributed by atoms with Crippen LogP contribution in [0.2, 0.25) is 0 Å². The van der Waals surface area contributed by atoms with Gasteiger partial charge < -0.3 is 10.6 Å². The van der Waals surface area contributed by atoms with E-state index in [1.54, 1.807) is 18.9 Å². The number of carbonyl (C=O) groups excluding carboxylic acids is 2. The molecular formula is C17H27N3O2. The molecule has 0 bridgehead atoms. The third-order valence-corrected chi connectivity index (χ3v) is 3.86. The molecule has 2 N–H and O–H groups in total. The molecule has 1 unspecified atom stereocenters. The van der Waals surface area contributed by atoms with Crippen molar-refractivity contribution < 1.29 is 9.59 Å². The number of amides is 2. The molecule has 0 radical (unpaired) electrons. The van der Waals surface area contributed by atoms with E-state index in [2.05, 4.69) is 10.6 Å². The van der Waals surface area contributed by atoms with Gasteiger partial charge in [0, 0.05) is 12.2 Å². The minimum absolute atomic E-state index is 0.0520.